The Hall–Kier alpha value is -1.09. The Kier molecular flexibility index (Phi) is 4.00. The molecular weight excluding hydrogens is 210 g/mol. The summed E-state index contributed by atoms with van der Waals surface area (Å²) in [7, 11) is 0. The summed E-state index contributed by atoms with van der Waals surface area (Å²) in [6, 6.07) is 2.77. The van der Waals surface area contributed by atoms with Crippen LogP contribution in [-0.2, 0) is 6.54 Å². The highest BCUT2D eigenvalue weighted by Gasteiger charge is 2.27. The van der Waals surface area contributed by atoms with Crippen molar-refractivity contribution in [3.05, 3.63) is 24.0 Å². The van der Waals surface area contributed by atoms with Crippen molar-refractivity contribution in [2.75, 3.05) is 18.0 Å². The minimum atomic E-state index is 0.634. The molecule has 1 N–H and O–H groups in total. The number of nitrogens with zero attached hydrogens (tertiary/aromatic N) is 2. The second-order valence-electron chi connectivity index (χ2n) is 5.13. The van der Waals surface area contributed by atoms with Crippen LogP contribution in [0.5, 0.6) is 0 Å². The molecule has 0 amide bonds. The van der Waals surface area contributed by atoms with Crippen molar-refractivity contribution >= 4 is 5.69 Å². The van der Waals surface area contributed by atoms with Crippen LogP contribution in [0.3, 0.4) is 0 Å². The van der Waals surface area contributed by atoms with Crippen LogP contribution >= 0.6 is 0 Å². The van der Waals surface area contributed by atoms with Gasteiger partial charge in [-0.25, -0.2) is 0 Å². The highest BCUT2D eigenvalue weighted by atomic mass is 15.2. The summed E-state index contributed by atoms with van der Waals surface area (Å²) in [5, 5.41) is 3.40. The molecule has 94 valence electrons. The number of anilines is 1. The van der Waals surface area contributed by atoms with Crippen molar-refractivity contribution < 1.29 is 0 Å². The molecule has 3 heteroatoms. The van der Waals surface area contributed by atoms with Crippen molar-refractivity contribution in [3.8, 4) is 0 Å². The fourth-order valence-electron chi connectivity index (χ4n) is 2.72. The number of nitrogens with one attached hydrogen (secondary N) is 1. The average Bonchev–Trinajstić information content (AvgIpc) is 2.66. The van der Waals surface area contributed by atoms with Crippen molar-refractivity contribution in [1.29, 1.82) is 0 Å². The van der Waals surface area contributed by atoms with Gasteiger partial charge in [-0.05, 0) is 37.4 Å². The topological polar surface area (TPSA) is 28.2 Å². The van der Waals surface area contributed by atoms with E-state index in [-0.39, 0.29) is 0 Å². The van der Waals surface area contributed by atoms with Crippen molar-refractivity contribution in [2.45, 2.75) is 39.8 Å². The van der Waals surface area contributed by atoms with Gasteiger partial charge in [0, 0.05) is 25.3 Å². The second kappa shape index (κ2) is 5.50. The maximum atomic E-state index is 4.29. The lowest BCUT2D eigenvalue weighted by molar-refractivity contribution is 0.625. The Balaban J connectivity index is 2.19. The molecule has 2 atom stereocenters. The predicted octanol–water partition coefficient (Wildman–Crippen LogP) is 2.43. The van der Waals surface area contributed by atoms with Gasteiger partial charge in [-0.3, -0.25) is 4.98 Å². The molecule has 1 aliphatic heterocycles. The van der Waals surface area contributed by atoms with Gasteiger partial charge in [0.1, 0.15) is 0 Å². The van der Waals surface area contributed by atoms with Gasteiger partial charge in [0.2, 0.25) is 0 Å². The van der Waals surface area contributed by atoms with Crippen LogP contribution in [0.15, 0.2) is 18.5 Å². The van der Waals surface area contributed by atoms with Gasteiger partial charge in [-0.1, -0.05) is 13.8 Å². The maximum absolute atomic E-state index is 4.29. The van der Waals surface area contributed by atoms with E-state index in [0.29, 0.717) is 6.04 Å². The van der Waals surface area contributed by atoms with Gasteiger partial charge in [0.25, 0.3) is 0 Å². The van der Waals surface area contributed by atoms with Gasteiger partial charge in [0.05, 0.1) is 11.9 Å². The van der Waals surface area contributed by atoms with Gasteiger partial charge in [0.15, 0.2) is 0 Å². The van der Waals surface area contributed by atoms with Gasteiger partial charge in [-0.15, -0.1) is 0 Å². The Morgan fingerprint density at radius 1 is 1.47 bits per heavy atom. The van der Waals surface area contributed by atoms with Crippen molar-refractivity contribution in [3.63, 3.8) is 0 Å². The van der Waals surface area contributed by atoms with E-state index in [9.17, 15) is 0 Å². The monoisotopic (exact) mass is 233 g/mol. The molecule has 1 saturated heterocycles. The third kappa shape index (κ3) is 2.78. The number of hydrogen-bond acceptors (Lipinski definition) is 3. The summed E-state index contributed by atoms with van der Waals surface area (Å²) in [4.78, 5) is 6.79. The molecular formula is C14H23N3. The smallest absolute Gasteiger partial charge is 0.0600 e. The number of pyridine rings is 1. The maximum Gasteiger partial charge on any atom is 0.0600 e. The predicted molar refractivity (Wildman–Crippen MR) is 72.2 cm³/mol. The lowest BCUT2D eigenvalue weighted by Crippen LogP contribution is -2.28. The van der Waals surface area contributed by atoms with Crippen LogP contribution in [0.1, 0.15) is 32.8 Å². The molecule has 0 radical (unpaired) electrons. The summed E-state index contributed by atoms with van der Waals surface area (Å²) in [6.45, 7) is 9.89. The Morgan fingerprint density at radius 3 is 2.94 bits per heavy atom. The minimum absolute atomic E-state index is 0.634. The molecule has 0 aromatic carbocycles. The van der Waals surface area contributed by atoms with E-state index in [2.05, 4.69) is 42.0 Å². The van der Waals surface area contributed by atoms with E-state index in [0.717, 1.165) is 25.6 Å². The summed E-state index contributed by atoms with van der Waals surface area (Å²) in [5.41, 5.74) is 2.67. The molecule has 3 nitrogen and oxygen atoms in total. The molecule has 2 rings (SSSR count). The lowest BCUT2D eigenvalue weighted by atomic mass is 10.1. The van der Waals surface area contributed by atoms with E-state index >= 15 is 0 Å². The fourth-order valence-corrected chi connectivity index (χ4v) is 2.72. The number of hydrogen-bond donors (Lipinski definition) is 1. The first-order valence-corrected chi connectivity index (χ1v) is 6.62. The minimum Gasteiger partial charge on any atom is -0.367 e. The molecule has 1 aromatic heterocycles. The average molecular weight is 233 g/mol. The molecule has 0 saturated carbocycles. The van der Waals surface area contributed by atoms with Crippen molar-refractivity contribution in [1.82, 2.24) is 10.3 Å². The summed E-state index contributed by atoms with van der Waals surface area (Å²) >= 11 is 0. The van der Waals surface area contributed by atoms with Gasteiger partial charge in [-0.2, -0.15) is 0 Å². The van der Waals surface area contributed by atoms with E-state index in [1.54, 1.807) is 0 Å². The third-order valence-corrected chi connectivity index (χ3v) is 3.55. The number of rotatable bonds is 4. The quantitative estimate of drug-likeness (QED) is 0.865. The first-order chi connectivity index (χ1) is 8.22. The number of aromatic nitrogens is 1. The highest BCUT2D eigenvalue weighted by molar-refractivity contribution is 5.53. The Bertz CT molecular complexity index is 364. The summed E-state index contributed by atoms with van der Waals surface area (Å²) in [6.07, 6.45) is 5.19. The highest BCUT2D eigenvalue weighted by Crippen LogP contribution is 2.30. The Morgan fingerprint density at radius 2 is 2.29 bits per heavy atom. The molecule has 1 aliphatic rings. The molecule has 17 heavy (non-hydrogen) atoms. The molecule has 0 bridgehead atoms. The zero-order valence-corrected chi connectivity index (χ0v) is 11.1. The zero-order chi connectivity index (χ0) is 12.3. The summed E-state index contributed by atoms with van der Waals surface area (Å²) in [5.74, 6) is 0.789. The standard InChI is InChI=1S/C14H23N3/c1-4-15-8-13-5-6-16-9-14(13)17-10-11(2)7-12(17)3/h5-6,9,11-12,15H,4,7-8,10H2,1-3H3. The van der Waals surface area contributed by atoms with Gasteiger partial charge >= 0.3 is 0 Å². The third-order valence-electron chi connectivity index (χ3n) is 3.55. The Labute approximate surface area is 104 Å². The first kappa shape index (κ1) is 12.4. The molecule has 2 unspecified atom stereocenters. The normalized spacial score (nSPS) is 24.3. The van der Waals surface area contributed by atoms with Crippen LogP contribution in [0.2, 0.25) is 0 Å². The first-order valence-electron chi connectivity index (χ1n) is 6.62. The fraction of sp³-hybridized carbons (Fsp3) is 0.643. The SMILES string of the molecule is CCNCc1ccncc1N1CC(C)CC1C. The van der Waals surface area contributed by atoms with Crippen LogP contribution < -0.4 is 10.2 Å². The van der Waals surface area contributed by atoms with Crippen LogP contribution in [0.4, 0.5) is 5.69 Å². The largest absolute Gasteiger partial charge is 0.367 e. The van der Waals surface area contributed by atoms with E-state index < -0.39 is 0 Å². The summed E-state index contributed by atoms with van der Waals surface area (Å²) < 4.78 is 0. The molecule has 1 aromatic rings. The van der Waals surface area contributed by atoms with E-state index in [1.165, 1.54) is 17.7 Å². The van der Waals surface area contributed by atoms with E-state index in [1.807, 2.05) is 12.4 Å². The molecule has 1 fully saturated rings. The lowest BCUT2D eigenvalue weighted by Gasteiger charge is -2.26. The van der Waals surface area contributed by atoms with Crippen LogP contribution in [-0.4, -0.2) is 24.1 Å². The molecule has 0 aliphatic carbocycles. The van der Waals surface area contributed by atoms with Gasteiger partial charge < -0.3 is 10.2 Å². The zero-order valence-electron chi connectivity index (χ0n) is 11.1. The van der Waals surface area contributed by atoms with Crippen molar-refractivity contribution in [2.24, 2.45) is 5.92 Å². The molecule has 2 heterocycles. The van der Waals surface area contributed by atoms with E-state index in [4.69, 9.17) is 0 Å². The van der Waals surface area contributed by atoms with Crippen LogP contribution in [0.25, 0.3) is 0 Å². The molecule has 0 spiro atoms. The van der Waals surface area contributed by atoms with Crippen LogP contribution in [0, 0.1) is 5.92 Å². The second-order valence-corrected chi connectivity index (χ2v) is 5.13.